The van der Waals surface area contributed by atoms with Crippen molar-refractivity contribution >= 4 is 23.4 Å². The number of rotatable bonds is 4. The third kappa shape index (κ3) is 2.91. The molecule has 118 valence electrons. The Bertz CT molecular complexity index is 786. The van der Waals surface area contributed by atoms with Gasteiger partial charge in [-0.15, -0.1) is 0 Å². The van der Waals surface area contributed by atoms with Crippen molar-refractivity contribution in [2.24, 2.45) is 0 Å². The average molecular weight is 327 g/mol. The van der Waals surface area contributed by atoms with Gasteiger partial charge in [0.15, 0.2) is 5.16 Å². The number of nitrogens with zero attached hydrogens (tertiary/aromatic N) is 3. The number of aromatic nitrogens is 2. The highest BCUT2D eigenvalue weighted by Gasteiger charge is 2.35. The van der Waals surface area contributed by atoms with Crippen molar-refractivity contribution in [1.29, 1.82) is 0 Å². The van der Waals surface area contributed by atoms with Crippen molar-refractivity contribution in [2.75, 3.05) is 11.4 Å². The molecule has 4 rings (SSSR count). The van der Waals surface area contributed by atoms with Crippen LogP contribution in [0.3, 0.4) is 0 Å². The van der Waals surface area contributed by atoms with Crippen molar-refractivity contribution < 1.29 is 4.79 Å². The summed E-state index contributed by atoms with van der Waals surface area (Å²) in [6.07, 6.45) is 4.82. The van der Waals surface area contributed by atoms with Gasteiger partial charge in [0.1, 0.15) is 0 Å². The van der Waals surface area contributed by atoms with Crippen LogP contribution in [0.1, 0.15) is 25.3 Å². The summed E-state index contributed by atoms with van der Waals surface area (Å²) in [7, 11) is 0. The molecule has 1 aromatic heterocycles. The molecule has 1 amide bonds. The molecule has 23 heavy (non-hydrogen) atoms. The van der Waals surface area contributed by atoms with E-state index >= 15 is 0 Å². The first-order chi connectivity index (χ1) is 11.2. The van der Waals surface area contributed by atoms with E-state index in [4.69, 9.17) is 0 Å². The standard InChI is InChI=1S/C17H17N3O2S/c21-15-9-11-20(13-6-7-13)17(18-15)23-14-8-10-19(16(14)22)12-4-2-1-3-5-12/h1-5,9,11,13-14H,6-8,10H2. The van der Waals surface area contributed by atoms with E-state index in [2.05, 4.69) is 4.98 Å². The summed E-state index contributed by atoms with van der Waals surface area (Å²) in [5.41, 5.74) is 0.691. The maximum Gasteiger partial charge on any atom is 0.273 e. The third-order valence-electron chi connectivity index (χ3n) is 4.22. The van der Waals surface area contributed by atoms with Gasteiger partial charge in [-0.25, -0.2) is 0 Å². The predicted octanol–water partition coefficient (Wildman–Crippen LogP) is 2.48. The Hall–Kier alpha value is -2.08. The fourth-order valence-corrected chi connectivity index (χ4v) is 4.05. The molecule has 2 fully saturated rings. The van der Waals surface area contributed by atoms with E-state index in [1.54, 1.807) is 0 Å². The lowest BCUT2D eigenvalue weighted by Crippen LogP contribution is -2.28. The lowest BCUT2D eigenvalue weighted by molar-refractivity contribution is -0.116. The summed E-state index contributed by atoms with van der Waals surface area (Å²) in [6.45, 7) is 0.709. The number of anilines is 1. The van der Waals surface area contributed by atoms with Gasteiger partial charge in [0.25, 0.3) is 5.56 Å². The van der Waals surface area contributed by atoms with Crippen molar-refractivity contribution in [1.82, 2.24) is 9.55 Å². The Labute approximate surface area is 138 Å². The minimum atomic E-state index is -0.241. The highest BCUT2D eigenvalue weighted by atomic mass is 32.2. The highest BCUT2D eigenvalue weighted by molar-refractivity contribution is 8.00. The molecular weight excluding hydrogens is 310 g/mol. The van der Waals surface area contributed by atoms with Gasteiger partial charge < -0.3 is 9.47 Å². The van der Waals surface area contributed by atoms with Crippen molar-refractivity contribution in [3.05, 3.63) is 52.9 Å². The van der Waals surface area contributed by atoms with Crippen molar-refractivity contribution in [3.63, 3.8) is 0 Å². The van der Waals surface area contributed by atoms with E-state index < -0.39 is 0 Å². The summed E-state index contributed by atoms with van der Waals surface area (Å²) in [5.74, 6) is 0.0987. The van der Waals surface area contributed by atoms with Crippen LogP contribution in [-0.2, 0) is 4.79 Å². The maximum absolute atomic E-state index is 12.7. The summed E-state index contributed by atoms with van der Waals surface area (Å²) < 4.78 is 2.05. The molecular formula is C17H17N3O2S. The molecule has 2 aromatic rings. The fraction of sp³-hybridized carbons (Fsp3) is 0.353. The second kappa shape index (κ2) is 5.85. The Morgan fingerprint density at radius 2 is 1.83 bits per heavy atom. The summed E-state index contributed by atoms with van der Waals surface area (Å²) in [5, 5.41) is 0.503. The van der Waals surface area contributed by atoms with Gasteiger partial charge >= 0.3 is 0 Å². The van der Waals surface area contributed by atoms with Crippen LogP contribution in [0.5, 0.6) is 0 Å². The lowest BCUT2D eigenvalue weighted by atomic mass is 10.3. The van der Waals surface area contributed by atoms with Gasteiger partial charge in [-0.1, -0.05) is 30.0 Å². The predicted molar refractivity (Wildman–Crippen MR) is 89.8 cm³/mol. The topological polar surface area (TPSA) is 55.2 Å². The van der Waals surface area contributed by atoms with Crippen LogP contribution in [0.25, 0.3) is 0 Å². The molecule has 1 aliphatic carbocycles. The van der Waals surface area contributed by atoms with Gasteiger partial charge in [-0.2, -0.15) is 4.98 Å². The minimum absolute atomic E-state index is 0.0987. The van der Waals surface area contributed by atoms with E-state index in [1.807, 2.05) is 46.0 Å². The second-order valence-corrected chi connectivity index (χ2v) is 7.08. The first-order valence-electron chi connectivity index (χ1n) is 7.84. The number of hydrogen-bond donors (Lipinski definition) is 0. The summed E-state index contributed by atoms with van der Waals surface area (Å²) in [6, 6.07) is 11.7. The van der Waals surface area contributed by atoms with Crippen molar-refractivity contribution in [2.45, 2.75) is 35.7 Å². The molecule has 1 unspecified atom stereocenters. The average Bonchev–Trinajstić information content (AvgIpc) is 3.34. The molecule has 2 aliphatic rings. The largest absolute Gasteiger partial charge is 0.324 e. The Morgan fingerprint density at radius 3 is 2.57 bits per heavy atom. The summed E-state index contributed by atoms with van der Waals surface area (Å²) in [4.78, 5) is 30.2. The number of hydrogen-bond acceptors (Lipinski definition) is 4. The monoisotopic (exact) mass is 327 g/mol. The molecule has 5 nitrogen and oxygen atoms in total. The Kier molecular flexibility index (Phi) is 3.69. The molecule has 6 heteroatoms. The fourth-order valence-electron chi connectivity index (χ4n) is 2.87. The van der Waals surface area contributed by atoms with Crippen molar-refractivity contribution in [3.8, 4) is 0 Å². The van der Waals surface area contributed by atoms with E-state index in [-0.39, 0.29) is 16.7 Å². The third-order valence-corrected chi connectivity index (χ3v) is 5.45. The molecule has 1 aliphatic heterocycles. The summed E-state index contributed by atoms with van der Waals surface area (Å²) >= 11 is 1.43. The molecule has 0 N–H and O–H groups in total. The van der Waals surface area contributed by atoms with Gasteiger partial charge in [0.05, 0.1) is 5.25 Å². The van der Waals surface area contributed by atoms with Gasteiger partial charge in [0.2, 0.25) is 5.91 Å². The first kappa shape index (κ1) is 14.5. The van der Waals surface area contributed by atoms with Crippen LogP contribution >= 0.6 is 11.8 Å². The van der Waals surface area contributed by atoms with E-state index in [1.165, 1.54) is 17.8 Å². The van der Waals surface area contributed by atoms with Crippen LogP contribution in [0.2, 0.25) is 0 Å². The molecule has 0 spiro atoms. The molecule has 1 aromatic carbocycles. The molecule has 1 atom stereocenters. The van der Waals surface area contributed by atoms with Crippen LogP contribution < -0.4 is 10.5 Å². The zero-order chi connectivity index (χ0) is 15.8. The van der Waals surface area contributed by atoms with Crippen LogP contribution in [-0.4, -0.2) is 27.3 Å². The smallest absolute Gasteiger partial charge is 0.273 e. The number of benzene rings is 1. The van der Waals surface area contributed by atoms with Gasteiger partial charge in [-0.3, -0.25) is 9.59 Å². The van der Waals surface area contributed by atoms with Crippen LogP contribution in [0, 0.1) is 0 Å². The minimum Gasteiger partial charge on any atom is -0.324 e. The van der Waals surface area contributed by atoms with Gasteiger partial charge in [0, 0.05) is 30.5 Å². The molecule has 1 saturated carbocycles. The van der Waals surface area contributed by atoms with E-state index in [0.29, 0.717) is 17.7 Å². The number of thioether (sulfide) groups is 1. The molecule has 0 bridgehead atoms. The van der Waals surface area contributed by atoms with Crippen LogP contribution in [0.15, 0.2) is 52.5 Å². The second-order valence-electron chi connectivity index (χ2n) is 5.91. The molecule has 2 heterocycles. The zero-order valence-corrected chi connectivity index (χ0v) is 13.4. The Morgan fingerprint density at radius 1 is 1.04 bits per heavy atom. The normalized spacial score (nSPS) is 21.0. The Balaban J connectivity index is 1.55. The highest BCUT2D eigenvalue weighted by Crippen LogP contribution is 2.39. The molecule has 1 saturated heterocycles. The molecule has 0 radical (unpaired) electrons. The SMILES string of the molecule is O=C1C(Sc2nc(=O)ccn2C2CC2)CCN1c1ccccc1. The number of carbonyl (C=O) groups excluding carboxylic acids is 1. The zero-order valence-electron chi connectivity index (χ0n) is 12.6. The van der Waals surface area contributed by atoms with Crippen LogP contribution in [0.4, 0.5) is 5.69 Å². The quantitative estimate of drug-likeness (QED) is 0.810. The van der Waals surface area contributed by atoms with E-state index in [9.17, 15) is 9.59 Å². The number of carbonyl (C=O) groups is 1. The number of amides is 1. The maximum atomic E-state index is 12.7. The number of para-hydroxylation sites is 1. The van der Waals surface area contributed by atoms with E-state index in [0.717, 1.165) is 24.9 Å². The lowest BCUT2D eigenvalue weighted by Gasteiger charge is -2.17. The first-order valence-corrected chi connectivity index (χ1v) is 8.72. The van der Waals surface area contributed by atoms with Gasteiger partial charge in [-0.05, 0) is 31.4 Å².